The van der Waals surface area contributed by atoms with Crippen molar-refractivity contribution in [3.05, 3.63) is 47.5 Å². The van der Waals surface area contributed by atoms with Crippen LogP contribution in [0.1, 0.15) is 36.5 Å². The number of piperidine rings is 1. The van der Waals surface area contributed by atoms with Crippen molar-refractivity contribution >= 4 is 29.2 Å². The first-order valence-electron chi connectivity index (χ1n) is 10.2. The number of hydrogen-bond acceptors (Lipinski definition) is 4. The zero-order valence-electron chi connectivity index (χ0n) is 17.0. The van der Waals surface area contributed by atoms with Crippen molar-refractivity contribution < 1.29 is 9.59 Å². The molecule has 0 bridgehead atoms. The molecule has 8 heteroatoms. The maximum atomic E-state index is 12.4. The lowest BCUT2D eigenvalue weighted by Gasteiger charge is -2.45. The van der Waals surface area contributed by atoms with E-state index in [-0.39, 0.29) is 11.4 Å². The highest BCUT2D eigenvalue weighted by Gasteiger charge is 2.44. The molecule has 0 radical (unpaired) electrons. The normalized spacial score (nSPS) is 21.6. The molecule has 1 atom stereocenters. The first kappa shape index (κ1) is 20.5. The molecule has 30 heavy (non-hydrogen) atoms. The summed E-state index contributed by atoms with van der Waals surface area (Å²) >= 11 is 6.03. The van der Waals surface area contributed by atoms with Crippen LogP contribution < -0.4 is 11.1 Å². The highest BCUT2D eigenvalue weighted by Crippen LogP contribution is 2.43. The van der Waals surface area contributed by atoms with E-state index in [9.17, 15) is 9.59 Å². The molecule has 1 saturated heterocycles. The van der Waals surface area contributed by atoms with Crippen molar-refractivity contribution in [2.24, 2.45) is 11.7 Å². The Bertz CT molecular complexity index is 992. The van der Waals surface area contributed by atoms with Crippen molar-refractivity contribution in [2.75, 3.05) is 25.0 Å². The summed E-state index contributed by atoms with van der Waals surface area (Å²) in [4.78, 5) is 26.2. The van der Waals surface area contributed by atoms with Crippen molar-refractivity contribution in [3.63, 3.8) is 0 Å². The summed E-state index contributed by atoms with van der Waals surface area (Å²) in [5.41, 5.74) is 7.26. The molecule has 1 aromatic carbocycles. The summed E-state index contributed by atoms with van der Waals surface area (Å²) < 4.78 is 1.95. The van der Waals surface area contributed by atoms with Gasteiger partial charge in [-0.25, -0.2) is 4.68 Å². The van der Waals surface area contributed by atoms with Crippen LogP contribution in [0.3, 0.4) is 0 Å². The predicted octanol–water partition coefficient (Wildman–Crippen LogP) is 3.26. The lowest BCUT2D eigenvalue weighted by atomic mass is 9.76. The predicted molar refractivity (Wildman–Crippen MR) is 117 cm³/mol. The standard InChI is InChI=1S/C22H26ClN5O2/c1-3-17(29)27-12-8-15(9-13-27)22(2)10-11-25-21-18(20(24)30)19(26-28(21)22)14-4-6-16(23)7-5-14/h3-7,15,25H,1,8-13H2,2H3,(H2,24,30). The maximum Gasteiger partial charge on any atom is 0.254 e. The fourth-order valence-corrected chi connectivity index (χ4v) is 4.89. The number of carbonyl (C=O) groups excluding carboxylic acids is 2. The van der Waals surface area contributed by atoms with Gasteiger partial charge in [-0.05, 0) is 50.3 Å². The van der Waals surface area contributed by atoms with E-state index in [4.69, 9.17) is 22.4 Å². The molecule has 158 valence electrons. The van der Waals surface area contributed by atoms with Gasteiger partial charge in [-0.15, -0.1) is 0 Å². The van der Waals surface area contributed by atoms with Crippen molar-refractivity contribution in [1.82, 2.24) is 14.7 Å². The van der Waals surface area contributed by atoms with Gasteiger partial charge in [0, 0.05) is 30.2 Å². The molecule has 2 amide bonds. The van der Waals surface area contributed by atoms with Crippen LogP contribution in [0.15, 0.2) is 36.9 Å². The summed E-state index contributed by atoms with van der Waals surface area (Å²) in [6, 6.07) is 7.25. The van der Waals surface area contributed by atoms with Gasteiger partial charge < -0.3 is 16.0 Å². The summed E-state index contributed by atoms with van der Waals surface area (Å²) in [5.74, 6) is 0.464. The van der Waals surface area contributed by atoms with Crippen LogP contribution >= 0.6 is 11.6 Å². The lowest BCUT2D eigenvalue weighted by molar-refractivity contribution is -0.128. The number of halogens is 1. The van der Waals surface area contributed by atoms with E-state index in [2.05, 4.69) is 18.8 Å². The Kier molecular flexibility index (Phi) is 5.32. The van der Waals surface area contributed by atoms with E-state index in [1.165, 1.54) is 6.08 Å². The van der Waals surface area contributed by atoms with Gasteiger partial charge in [0.05, 0.1) is 5.54 Å². The number of hydrogen-bond donors (Lipinski definition) is 2. The molecule has 1 unspecified atom stereocenters. The quantitative estimate of drug-likeness (QED) is 0.732. The number of anilines is 1. The number of primary amides is 1. The average molecular weight is 428 g/mol. The van der Waals surface area contributed by atoms with E-state index in [1.807, 2.05) is 21.7 Å². The van der Waals surface area contributed by atoms with Gasteiger partial charge in [0.1, 0.15) is 17.1 Å². The summed E-state index contributed by atoms with van der Waals surface area (Å²) in [7, 11) is 0. The van der Waals surface area contributed by atoms with Crippen LogP contribution in [0, 0.1) is 5.92 Å². The zero-order valence-corrected chi connectivity index (χ0v) is 17.8. The van der Waals surface area contributed by atoms with Gasteiger partial charge in [-0.1, -0.05) is 30.3 Å². The molecule has 3 heterocycles. The molecular formula is C22H26ClN5O2. The second kappa shape index (κ2) is 7.80. The number of likely N-dealkylation sites (tertiary alicyclic amines) is 1. The number of fused-ring (bicyclic) bond motifs is 1. The van der Waals surface area contributed by atoms with Crippen molar-refractivity contribution in [1.29, 1.82) is 0 Å². The summed E-state index contributed by atoms with van der Waals surface area (Å²) in [6.45, 7) is 7.90. The van der Waals surface area contributed by atoms with Gasteiger partial charge in [0.15, 0.2) is 0 Å². The van der Waals surface area contributed by atoms with Crippen molar-refractivity contribution in [3.8, 4) is 11.3 Å². The Labute approximate surface area is 180 Å². The van der Waals surface area contributed by atoms with Crippen molar-refractivity contribution in [2.45, 2.75) is 31.7 Å². The summed E-state index contributed by atoms with van der Waals surface area (Å²) in [6.07, 6.45) is 3.99. The van der Waals surface area contributed by atoms with E-state index in [0.29, 0.717) is 41.1 Å². The van der Waals surface area contributed by atoms with E-state index in [0.717, 1.165) is 31.4 Å². The third-order valence-corrected chi connectivity index (χ3v) is 6.77. The number of nitrogens with zero attached hydrogens (tertiary/aromatic N) is 3. The molecule has 2 aliphatic heterocycles. The second-order valence-electron chi connectivity index (χ2n) is 8.19. The third-order valence-electron chi connectivity index (χ3n) is 6.52. The van der Waals surface area contributed by atoms with E-state index in [1.54, 1.807) is 12.1 Å². The zero-order chi connectivity index (χ0) is 21.5. The minimum atomic E-state index is -0.510. The number of rotatable bonds is 4. The SMILES string of the molecule is C=CC(=O)N1CCC(C2(C)CCNc3c(C(N)=O)c(-c4ccc(Cl)cc4)nn32)CC1. The van der Waals surface area contributed by atoms with Crippen LogP contribution in [0.5, 0.6) is 0 Å². The topological polar surface area (TPSA) is 93.2 Å². The molecule has 2 aromatic rings. The molecule has 0 spiro atoms. The van der Waals surface area contributed by atoms with Gasteiger partial charge in [-0.2, -0.15) is 5.10 Å². The molecule has 7 nitrogen and oxygen atoms in total. The first-order valence-corrected chi connectivity index (χ1v) is 10.6. The Hall–Kier alpha value is -2.80. The van der Waals surface area contributed by atoms with Crippen LogP contribution in [-0.4, -0.2) is 46.1 Å². The lowest BCUT2D eigenvalue weighted by Crippen LogP contribution is -2.49. The van der Waals surface area contributed by atoms with Gasteiger partial charge in [-0.3, -0.25) is 9.59 Å². The van der Waals surface area contributed by atoms with Gasteiger partial charge in [0.2, 0.25) is 5.91 Å². The monoisotopic (exact) mass is 427 g/mol. The first-order chi connectivity index (χ1) is 14.3. The number of aromatic nitrogens is 2. The van der Waals surface area contributed by atoms with E-state index < -0.39 is 5.91 Å². The number of benzene rings is 1. The fraction of sp³-hybridized carbons (Fsp3) is 0.409. The molecule has 1 fully saturated rings. The fourth-order valence-electron chi connectivity index (χ4n) is 4.76. The van der Waals surface area contributed by atoms with Crippen LogP contribution in [-0.2, 0) is 10.3 Å². The summed E-state index contributed by atoms with van der Waals surface area (Å²) in [5, 5.41) is 8.84. The highest BCUT2D eigenvalue weighted by molar-refractivity contribution is 6.30. The third kappa shape index (κ3) is 3.37. The molecule has 0 saturated carbocycles. The largest absolute Gasteiger partial charge is 0.369 e. The maximum absolute atomic E-state index is 12.4. The van der Waals surface area contributed by atoms with Crippen LogP contribution in [0.25, 0.3) is 11.3 Å². The molecule has 0 aliphatic carbocycles. The Morgan fingerprint density at radius 2 is 1.97 bits per heavy atom. The van der Waals surface area contributed by atoms with Gasteiger partial charge in [0.25, 0.3) is 5.91 Å². The molecule has 2 aliphatic rings. The molecule has 1 aromatic heterocycles. The Morgan fingerprint density at radius 1 is 1.30 bits per heavy atom. The minimum absolute atomic E-state index is 0.0234. The van der Waals surface area contributed by atoms with Gasteiger partial charge >= 0.3 is 0 Å². The van der Waals surface area contributed by atoms with E-state index >= 15 is 0 Å². The second-order valence-corrected chi connectivity index (χ2v) is 8.63. The van der Waals surface area contributed by atoms with Crippen LogP contribution in [0.4, 0.5) is 5.82 Å². The molecule has 3 N–H and O–H groups in total. The number of nitrogens with two attached hydrogens (primary N) is 1. The average Bonchev–Trinajstić information content (AvgIpc) is 3.15. The Morgan fingerprint density at radius 3 is 2.57 bits per heavy atom. The number of carbonyl (C=O) groups is 2. The van der Waals surface area contributed by atoms with Crippen LogP contribution in [0.2, 0.25) is 5.02 Å². The smallest absolute Gasteiger partial charge is 0.254 e. The number of nitrogens with one attached hydrogen (secondary N) is 1. The molecular weight excluding hydrogens is 402 g/mol. The highest BCUT2D eigenvalue weighted by atomic mass is 35.5. The number of amides is 2. The Balaban J connectivity index is 1.73. The minimum Gasteiger partial charge on any atom is -0.369 e. The molecule has 4 rings (SSSR count).